The van der Waals surface area contributed by atoms with E-state index in [-0.39, 0.29) is 12.8 Å². The molecule has 1 aliphatic heterocycles. The van der Waals surface area contributed by atoms with Crippen LogP contribution < -0.4 is 0 Å². The van der Waals surface area contributed by atoms with Crippen molar-refractivity contribution in [3.05, 3.63) is 0 Å². The Kier molecular flexibility index (Phi) is 2.64. The van der Waals surface area contributed by atoms with Crippen LogP contribution >= 0.6 is 0 Å². The van der Waals surface area contributed by atoms with Crippen LogP contribution in [-0.2, 0) is 19.2 Å². The van der Waals surface area contributed by atoms with Gasteiger partial charge < -0.3 is 4.84 Å². The molecule has 0 aromatic carbocycles. The smallest absolute Gasteiger partial charge is 0.330 e. The maximum absolute atomic E-state index is 11.3. The average molecular weight is 197 g/mol. The van der Waals surface area contributed by atoms with Crippen LogP contribution in [0.1, 0.15) is 26.7 Å². The van der Waals surface area contributed by atoms with E-state index in [1.54, 1.807) is 21.7 Å². The first-order valence-electron chi connectivity index (χ1n) is 4.40. The maximum Gasteiger partial charge on any atom is 0.330 e. The first-order valence-corrected chi connectivity index (χ1v) is 4.40. The number of nitrogens with zero attached hydrogens (tertiary/aromatic N) is 1. The van der Waals surface area contributed by atoms with Crippen molar-refractivity contribution in [3.63, 3.8) is 0 Å². The van der Waals surface area contributed by atoms with Gasteiger partial charge in [-0.1, -0.05) is 13.8 Å². The highest BCUT2D eigenvalue weighted by Gasteiger charge is 2.35. The van der Waals surface area contributed by atoms with Gasteiger partial charge in [0.25, 0.3) is 11.8 Å². The summed E-state index contributed by atoms with van der Waals surface area (Å²) in [5.74, 6) is -1.48. The van der Waals surface area contributed by atoms with E-state index < -0.39 is 23.1 Å². The minimum Gasteiger partial charge on any atom is -0.331 e. The van der Waals surface area contributed by atoms with E-state index in [9.17, 15) is 14.4 Å². The van der Waals surface area contributed by atoms with E-state index in [1.165, 1.54) is 0 Å². The molecule has 0 aromatic rings. The second kappa shape index (κ2) is 3.44. The van der Waals surface area contributed by atoms with Gasteiger partial charge in [-0.3, -0.25) is 9.59 Å². The van der Waals surface area contributed by atoms with E-state index in [0.29, 0.717) is 5.06 Å². The van der Waals surface area contributed by atoms with Crippen molar-refractivity contribution >= 4 is 25.6 Å². The van der Waals surface area contributed by atoms with Gasteiger partial charge in [-0.25, -0.2) is 4.79 Å². The van der Waals surface area contributed by atoms with Gasteiger partial charge in [0, 0.05) is 18.2 Å². The van der Waals surface area contributed by atoms with Crippen molar-refractivity contribution in [2.24, 2.45) is 0 Å². The minimum atomic E-state index is -0.719. The number of imide groups is 1. The molecule has 1 saturated heterocycles. The fourth-order valence-corrected chi connectivity index (χ4v) is 0.878. The SMILES string of the molecule is BC(C)(C)C(=O)ON1C(=O)CCC1=O. The van der Waals surface area contributed by atoms with Crippen LogP contribution in [0.25, 0.3) is 0 Å². The highest BCUT2D eigenvalue weighted by Crippen LogP contribution is 2.22. The summed E-state index contributed by atoms with van der Waals surface area (Å²) < 4.78 is 0. The monoisotopic (exact) mass is 197 g/mol. The summed E-state index contributed by atoms with van der Waals surface area (Å²) in [7, 11) is 1.65. The molecule has 0 saturated carbocycles. The number of rotatable bonds is 2. The van der Waals surface area contributed by atoms with E-state index in [4.69, 9.17) is 4.84 Å². The van der Waals surface area contributed by atoms with Crippen molar-refractivity contribution in [1.29, 1.82) is 0 Å². The summed E-state index contributed by atoms with van der Waals surface area (Å²) in [6, 6.07) is 0. The van der Waals surface area contributed by atoms with Crippen LogP contribution in [0.5, 0.6) is 0 Å². The predicted molar refractivity (Wildman–Crippen MR) is 49.8 cm³/mol. The first kappa shape index (κ1) is 10.8. The molecule has 2 amide bonds. The summed E-state index contributed by atoms with van der Waals surface area (Å²) >= 11 is 0. The molecule has 0 bridgehead atoms. The van der Waals surface area contributed by atoms with Gasteiger partial charge in [-0.15, -0.1) is 5.06 Å². The zero-order valence-electron chi connectivity index (χ0n) is 8.49. The molecule has 0 aliphatic carbocycles. The van der Waals surface area contributed by atoms with E-state index >= 15 is 0 Å². The molecule has 14 heavy (non-hydrogen) atoms. The predicted octanol–water partition coefficient (Wildman–Crippen LogP) is -0.575. The molecular weight excluding hydrogens is 185 g/mol. The normalized spacial score (nSPS) is 17.4. The Morgan fingerprint density at radius 2 is 1.79 bits per heavy atom. The van der Waals surface area contributed by atoms with E-state index in [1.807, 2.05) is 0 Å². The largest absolute Gasteiger partial charge is 0.331 e. The zero-order chi connectivity index (χ0) is 10.9. The van der Waals surface area contributed by atoms with Gasteiger partial charge in [0.1, 0.15) is 7.85 Å². The summed E-state index contributed by atoms with van der Waals surface area (Å²) in [5, 5.41) is -0.156. The Morgan fingerprint density at radius 3 is 2.14 bits per heavy atom. The lowest BCUT2D eigenvalue weighted by molar-refractivity contribution is -0.199. The van der Waals surface area contributed by atoms with Crippen LogP contribution in [-0.4, -0.2) is 30.7 Å². The van der Waals surface area contributed by atoms with Gasteiger partial charge in [0.2, 0.25) is 0 Å². The highest BCUT2D eigenvalue weighted by atomic mass is 16.7. The second-order valence-electron chi connectivity index (χ2n) is 4.21. The van der Waals surface area contributed by atoms with Crippen molar-refractivity contribution in [2.45, 2.75) is 32.0 Å². The molecular formula is C8H12BNO4. The maximum atomic E-state index is 11.3. The Balaban J connectivity index is 2.65. The summed E-state index contributed by atoms with van der Waals surface area (Å²) in [4.78, 5) is 38.2. The van der Waals surface area contributed by atoms with Crippen LogP contribution in [0.15, 0.2) is 0 Å². The van der Waals surface area contributed by atoms with E-state index in [0.717, 1.165) is 0 Å². The molecule has 0 radical (unpaired) electrons. The van der Waals surface area contributed by atoms with Crippen molar-refractivity contribution in [3.8, 4) is 0 Å². The van der Waals surface area contributed by atoms with Gasteiger partial charge >= 0.3 is 5.97 Å². The van der Waals surface area contributed by atoms with Crippen LogP contribution in [0.3, 0.4) is 0 Å². The topological polar surface area (TPSA) is 63.7 Å². The molecule has 0 N–H and O–H groups in total. The lowest BCUT2D eigenvalue weighted by Crippen LogP contribution is -2.35. The molecule has 5 nitrogen and oxygen atoms in total. The standard InChI is InChI=1S/C8H12BNO4/c1-8(2,9)7(13)14-10-5(11)3-4-6(10)12/h3-4,9H2,1-2H3. The first-order chi connectivity index (χ1) is 6.32. The fraction of sp³-hybridized carbons (Fsp3) is 0.625. The van der Waals surface area contributed by atoms with E-state index in [2.05, 4.69) is 0 Å². The molecule has 1 heterocycles. The quantitative estimate of drug-likeness (QED) is 0.439. The molecule has 1 fully saturated rings. The number of hydrogen-bond donors (Lipinski definition) is 0. The second-order valence-corrected chi connectivity index (χ2v) is 4.21. The highest BCUT2D eigenvalue weighted by molar-refractivity contribution is 6.26. The Hall–Kier alpha value is -1.33. The van der Waals surface area contributed by atoms with Gasteiger partial charge in [0.15, 0.2) is 0 Å². The summed E-state index contributed by atoms with van der Waals surface area (Å²) in [6.07, 6.45) is 0.243. The molecule has 76 valence electrons. The molecule has 1 aliphatic rings. The minimum absolute atomic E-state index is 0.121. The van der Waals surface area contributed by atoms with Crippen molar-refractivity contribution in [1.82, 2.24) is 5.06 Å². The van der Waals surface area contributed by atoms with Gasteiger partial charge in [-0.2, -0.15) is 0 Å². The molecule has 0 atom stereocenters. The number of carbonyl (C=O) groups is 3. The zero-order valence-corrected chi connectivity index (χ0v) is 8.49. The third-order valence-electron chi connectivity index (χ3n) is 1.79. The molecule has 0 aromatic heterocycles. The Bertz CT molecular complexity index is 278. The van der Waals surface area contributed by atoms with Crippen molar-refractivity contribution in [2.75, 3.05) is 0 Å². The van der Waals surface area contributed by atoms with Crippen LogP contribution in [0, 0.1) is 0 Å². The lowest BCUT2D eigenvalue weighted by atomic mass is 9.73. The molecule has 0 unspecified atom stereocenters. The summed E-state index contributed by atoms with van der Waals surface area (Å²) in [6.45, 7) is 3.31. The van der Waals surface area contributed by atoms with Crippen LogP contribution in [0.4, 0.5) is 0 Å². The third-order valence-corrected chi connectivity index (χ3v) is 1.79. The number of carbonyl (C=O) groups excluding carboxylic acids is 3. The molecule has 6 heteroatoms. The van der Waals surface area contributed by atoms with Gasteiger partial charge in [-0.05, 0) is 0 Å². The van der Waals surface area contributed by atoms with Crippen LogP contribution in [0.2, 0.25) is 5.31 Å². The number of hydrogen-bond acceptors (Lipinski definition) is 4. The molecule has 1 rings (SSSR count). The number of hydroxylamine groups is 2. The summed E-state index contributed by atoms with van der Waals surface area (Å²) in [5.41, 5.74) is 0. The average Bonchev–Trinajstić information content (AvgIpc) is 2.34. The van der Waals surface area contributed by atoms with Crippen molar-refractivity contribution < 1.29 is 19.2 Å². The van der Waals surface area contributed by atoms with Gasteiger partial charge in [0.05, 0.1) is 0 Å². The Morgan fingerprint density at radius 1 is 1.36 bits per heavy atom. The third kappa shape index (κ3) is 2.13. The lowest BCUT2D eigenvalue weighted by Gasteiger charge is -2.19. The molecule has 0 spiro atoms. The fourth-order valence-electron chi connectivity index (χ4n) is 0.878. The number of amides is 2. The Labute approximate surface area is 82.8 Å².